The molecule has 18 heavy (non-hydrogen) atoms. The Kier molecular flexibility index (Phi) is 3.29. The highest BCUT2D eigenvalue weighted by Crippen LogP contribution is 2.18. The number of nitrogens with one attached hydrogen (secondary N) is 1. The van der Waals surface area contributed by atoms with Crippen molar-refractivity contribution in [3.8, 4) is 0 Å². The van der Waals surface area contributed by atoms with Gasteiger partial charge in [-0.2, -0.15) is 0 Å². The van der Waals surface area contributed by atoms with Crippen LogP contribution in [0.25, 0.3) is 0 Å². The lowest BCUT2D eigenvalue weighted by Gasteiger charge is -2.23. The first-order valence-corrected chi connectivity index (χ1v) is 7.31. The van der Waals surface area contributed by atoms with Gasteiger partial charge < -0.3 is 15.3 Å². The molecule has 100 valence electrons. The molecule has 7 nitrogen and oxygen atoms in total. The number of carbonyl (C=O) groups excluding carboxylic acids is 1. The van der Waals surface area contributed by atoms with Crippen LogP contribution in [0.15, 0.2) is 11.5 Å². The molecule has 0 aromatic rings. The zero-order chi connectivity index (χ0) is 13.3. The maximum Gasteiger partial charge on any atom is 0.326 e. The Balaban J connectivity index is 1.97. The highest BCUT2D eigenvalue weighted by Gasteiger charge is 2.35. The van der Waals surface area contributed by atoms with Crippen LogP contribution in [0.3, 0.4) is 0 Å². The minimum Gasteiger partial charge on any atom is -0.480 e. The Hall–Kier alpha value is -1.57. The number of hydrogen-bond acceptors (Lipinski definition) is 4. The van der Waals surface area contributed by atoms with Crippen molar-refractivity contribution in [3.05, 3.63) is 11.5 Å². The van der Waals surface area contributed by atoms with E-state index in [0.29, 0.717) is 19.4 Å². The molecule has 2 rings (SSSR count). The van der Waals surface area contributed by atoms with Crippen LogP contribution < -0.4 is 5.32 Å². The van der Waals surface area contributed by atoms with Crippen LogP contribution in [0.5, 0.6) is 0 Å². The fourth-order valence-electron chi connectivity index (χ4n) is 2.17. The zero-order valence-corrected chi connectivity index (χ0v) is 10.4. The first kappa shape index (κ1) is 12.9. The minimum absolute atomic E-state index is 0.162. The Morgan fingerprint density at radius 1 is 1.39 bits per heavy atom. The quantitative estimate of drug-likeness (QED) is 0.710. The van der Waals surface area contributed by atoms with Gasteiger partial charge in [0.05, 0.1) is 11.8 Å². The molecule has 2 N–H and O–H groups in total. The van der Waals surface area contributed by atoms with Crippen molar-refractivity contribution in [1.29, 1.82) is 0 Å². The highest BCUT2D eigenvalue weighted by molar-refractivity contribution is 7.94. The molecule has 2 aliphatic rings. The monoisotopic (exact) mass is 274 g/mol. The number of amides is 2. The van der Waals surface area contributed by atoms with Gasteiger partial charge in [0.1, 0.15) is 6.04 Å². The van der Waals surface area contributed by atoms with Crippen molar-refractivity contribution in [1.82, 2.24) is 10.2 Å². The van der Waals surface area contributed by atoms with Crippen molar-refractivity contribution in [2.24, 2.45) is 0 Å². The predicted octanol–water partition coefficient (Wildman–Crippen LogP) is -0.444. The molecule has 0 saturated carbocycles. The normalized spacial score (nSPS) is 29.4. The third kappa shape index (κ3) is 2.63. The van der Waals surface area contributed by atoms with Gasteiger partial charge in [-0.3, -0.25) is 0 Å². The largest absolute Gasteiger partial charge is 0.480 e. The smallest absolute Gasteiger partial charge is 0.326 e. The predicted molar refractivity (Wildman–Crippen MR) is 62.6 cm³/mol. The molecule has 2 heterocycles. The molecule has 2 atom stereocenters. The van der Waals surface area contributed by atoms with E-state index < -0.39 is 33.9 Å². The van der Waals surface area contributed by atoms with E-state index in [9.17, 15) is 18.0 Å². The van der Waals surface area contributed by atoms with Gasteiger partial charge in [0.25, 0.3) is 0 Å². The molecule has 0 bridgehead atoms. The number of carboxylic acid groups (broad SMARTS) is 1. The third-order valence-corrected chi connectivity index (χ3v) is 4.43. The van der Waals surface area contributed by atoms with E-state index in [4.69, 9.17) is 5.11 Å². The molecule has 8 heteroatoms. The molecule has 0 spiro atoms. The van der Waals surface area contributed by atoms with Crippen LogP contribution >= 0.6 is 0 Å². The molecule has 1 fully saturated rings. The zero-order valence-electron chi connectivity index (χ0n) is 9.57. The summed E-state index contributed by atoms with van der Waals surface area (Å²) in [4.78, 5) is 24.0. The Bertz CT molecular complexity index is 498. The van der Waals surface area contributed by atoms with E-state index in [1.54, 1.807) is 0 Å². The first-order chi connectivity index (χ1) is 8.39. The van der Waals surface area contributed by atoms with Crippen molar-refractivity contribution in [2.45, 2.75) is 24.9 Å². The second-order valence-corrected chi connectivity index (χ2v) is 6.33. The Labute approximate surface area is 104 Å². The lowest BCUT2D eigenvalue weighted by atomic mass is 10.2. The van der Waals surface area contributed by atoms with Crippen LogP contribution in [0.1, 0.15) is 12.8 Å². The van der Waals surface area contributed by atoms with E-state index in [1.807, 2.05) is 0 Å². The van der Waals surface area contributed by atoms with Crippen LogP contribution in [0, 0.1) is 0 Å². The second kappa shape index (κ2) is 4.60. The number of carboxylic acids is 1. The SMILES string of the molecule is O=C(O)C1CCCN1C(=O)NC1C=CS(=O)(=O)C1. The summed E-state index contributed by atoms with van der Waals surface area (Å²) in [6, 6.07) is -1.91. The van der Waals surface area contributed by atoms with Gasteiger partial charge in [-0.05, 0) is 18.9 Å². The van der Waals surface area contributed by atoms with E-state index in [2.05, 4.69) is 5.32 Å². The van der Waals surface area contributed by atoms with Crippen molar-refractivity contribution >= 4 is 21.8 Å². The minimum atomic E-state index is -3.22. The molecule has 0 aromatic carbocycles. The van der Waals surface area contributed by atoms with Gasteiger partial charge >= 0.3 is 12.0 Å². The van der Waals surface area contributed by atoms with Gasteiger partial charge in [0, 0.05) is 12.0 Å². The lowest BCUT2D eigenvalue weighted by Crippen LogP contribution is -2.49. The molecule has 2 aliphatic heterocycles. The average Bonchev–Trinajstić information content (AvgIpc) is 2.84. The summed E-state index contributed by atoms with van der Waals surface area (Å²) < 4.78 is 22.3. The fraction of sp³-hybridized carbons (Fsp3) is 0.600. The van der Waals surface area contributed by atoms with E-state index in [-0.39, 0.29) is 5.75 Å². The number of rotatable bonds is 2. The molecular weight excluding hydrogens is 260 g/mol. The van der Waals surface area contributed by atoms with Gasteiger partial charge in [0.2, 0.25) is 0 Å². The Morgan fingerprint density at radius 2 is 2.11 bits per heavy atom. The third-order valence-electron chi connectivity index (χ3n) is 3.04. The highest BCUT2D eigenvalue weighted by atomic mass is 32.2. The second-order valence-electron chi connectivity index (χ2n) is 4.40. The first-order valence-electron chi connectivity index (χ1n) is 5.60. The van der Waals surface area contributed by atoms with Crippen LogP contribution in [-0.4, -0.2) is 54.8 Å². The molecule has 2 unspecified atom stereocenters. The summed E-state index contributed by atoms with van der Waals surface area (Å²) in [7, 11) is -3.22. The topological polar surface area (TPSA) is 104 Å². The number of urea groups is 1. The number of nitrogens with zero attached hydrogens (tertiary/aromatic N) is 1. The molecule has 1 saturated heterocycles. The van der Waals surface area contributed by atoms with Crippen molar-refractivity contribution in [3.63, 3.8) is 0 Å². The van der Waals surface area contributed by atoms with Gasteiger partial charge in [-0.25, -0.2) is 18.0 Å². The van der Waals surface area contributed by atoms with E-state index in [1.165, 1.54) is 11.0 Å². The molecule has 0 radical (unpaired) electrons. The molecule has 0 aromatic heterocycles. The standard InChI is InChI=1S/C10H14N2O5S/c13-9(14)8-2-1-4-12(8)10(15)11-7-3-5-18(16,17)6-7/h3,5,7-8H,1-2,4,6H2,(H,11,15)(H,13,14). The summed E-state index contributed by atoms with van der Waals surface area (Å²) in [5.41, 5.74) is 0. The number of aliphatic carboxylic acids is 1. The van der Waals surface area contributed by atoms with Crippen LogP contribution in [0.2, 0.25) is 0 Å². The van der Waals surface area contributed by atoms with Crippen molar-refractivity contribution in [2.75, 3.05) is 12.3 Å². The van der Waals surface area contributed by atoms with Gasteiger partial charge in [0.15, 0.2) is 9.84 Å². The molecule has 0 aliphatic carbocycles. The number of sulfone groups is 1. The van der Waals surface area contributed by atoms with E-state index >= 15 is 0 Å². The number of hydrogen-bond donors (Lipinski definition) is 2. The summed E-state index contributed by atoms with van der Waals surface area (Å²) >= 11 is 0. The van der Waals surface area contributed by atoms with E-state index in [0.717, 1.165) is 5.41 Å². The summed E-state index contributed by atoms with van der Waals surface area (Å²) in [5, 5.41) is 12.5. The van der Waals surface area contributed by atoms with Crippen LogP contribution in [0.4, 0.5) is 4.79 Å². The molecular formula is C10H14N2O5S. The number of likely N-dealkylation sites (tertiary alicyclic amines) is 1. The van der Waals surface area contributed by atoms with Crippen LogP contribution in [-0.2, 0) is 14.6 Å². The Morgan fingerprint density at radius 3 is 2.67 bits per heavy atom. The number of carbonyl (C=O) groups is 2. The van der Waals surface area contributed by atoms with Gasteiger partial charge in [-0.15, -0.1) is 0 Å². The summed E-state index contributed by atoms with van der Waals surface area (Å²) in [5.74, 6) is -1.19. The average molecular weight is 274 g/mol. The lowest BCUT2D eigenvalue weighted by molar-refractivity contribution is -0.141. The maximum absolute atomic E-state index is 11.8. The molecule has 2 amide bonds. The summed E-state index contributed by atoms with van der Waals surface area (Å²) in [6.45, 7) is 0.381. The summed E-state index contributed by atoms with van der Waals surface area (Å²) in [6.07, 6.45) is 2.48. The maximum atomic E-state index is 11.8. The van der Waals surface area contributed by atoms with Crippen molar-refractivity contribution < 1.29 is 23.1 Å². The fourth-order valence-corrected chi connectivity index (χ4v) is 3.41. The van der Waals surface area contributed by atoms with Gasteiger partial charge in [-0.1, -0.05) is 0 Å².